The summed E-state index contributed by atoms with van der Waals surface area (Å²) in [5.74, 6) is 0.232. The molecule has 0 aromatic rings. The number of alkyl carbamates (subject to hydrolysis) is 1. The molecule has 6 heteroatoms. The van der Waals surface area contributed by atoms with Gasteiger partial charge in [0.25, 0.3) is 5.91 Å². The number of rotatable bonds is 6. The van der Waals surface area contributed by atoms with Crippen molar-refractivity contribution in [1.82, 2.24) is 10.4 Å². The van der Waals surface area contributed by atoms with Gasteiger partial charge in [0.05, 0.1) is 13.7 Å². The lowest BCUT2D eigenvalue weighted by Crippen LogP contribution is -2.48. The second-order valence-electron chi connectivity index (χ2n) is 5.18. The van der Waals surface area contributed by atoms with Crippen molar-refractivity contribution in [2.45, 2.75) is 51.5 Å². The molecule has 1 aliphatic carbocycles. The van der Waals surface area contributed by atoms with Gasteiger partial charge in [-0.25, -0.2) is 9.86 Å². The molecular formula is C14H26N2O4. The maximum absolute atomic E-state index is 12.2. The summed E-state index contributed by atoms with van der Waals surface area (Å²) >= 11 is 0. The normalized spacial score (nSPS) is 17.4. The second kappa shape index (κ2) is 8.79. The van der Waals surface area contributed by atoms with Gasteiger partial charge in [0.15, 0.2) is 0 Å². The maximum atomic E-state index is 12.2. The van der Waals surface area contributed by atoms with Crippen LogP contribution in [0, 0.1) is 5.92 Å². The van der Waals surface area contributed by atoms with Crippen LogP contribution in [0.25, 0.3) is 0 Å². The van der Waals surface area contributed by atoms with Gasteiger partial charge >= 0.3 is 6.09 Å². The van der Waals surface area contributed by atoms with E-state index >= 15 is 0 Å². The molecule has 0 aromatic carbocycles. The lowest BCUT2D eigenvalue weighted by molar-refractivity contribution is -0.171. The summed E-state index contributed by atoms with van der Waals surface area (Å²) in [5, 5.41) is 3.80. The van der Waals surface area contributed by atoms with Gasteiger partial charge in [0.1, 0.15) is 6.04 Å². The molecule has 0 unspecified atom stereocenters. The molecule has 20 heavy (non-hydrogen) atoms. The fraction of sp³-hybridized carbons (Fsp3) is 0.857. The lowest BCUT2D eigenvalue weighted by Gasteiger charge is -2.28. The summed E-state index contributed by atoms with van der Waals surface area (Å²) in [7, 11) is 2.98. The van der Waals surface area contributed by atoms with Gasteiger partial charge in [-0.3, -0.25) is 9.63 Å². The molecule has 0 radical (unpaired) electrons. The van der Waals surface area contributed by atoms with Crippen LogP contribution in [0.3, 0.4) is 0 Å². The van der Waals surface area contributed by atoms with E-state index in [4.69, 9.17) is 9.57 Å². The van der Waals surface area contributed by atoms with Gasteiger partial charge in [-0.2, -0.15) is 0 Å². The van der Waals surface area contributed by atoms with Gasteiger partial charge in [-0.15, -0.1) is 0 Å². The zero-order chi connectivity index (χ0) is 15.0. The van der Waals surface area contributed by atoms with E-state index in [2.05, 4.69) is 5.32 Å². The Hall–Kier alpha value is -1.30. The highest BCUT2D eigenvalue weighted by molar-refractivity contribution is 5.84. The van der Waals surface area contributed by atoms with Crippen LogP contribution in [0.2, 0.25) is 0 Å². The zero-order valence-corrected chi connectivity index (χ0v) is 12.7. The highest BCUT2D eigenvalue weighted by atomic mass is 16.7. The van der Waals surface area contributed by atoms with Crippen molar-refractivity contribution < 1.29 is 19.2 Å². The van der Waals surface area contributed by atoms with Crippen molar-refractivity contribution >= 4 is 12.0 Å². The van der Waals surface area contributed by atoms with Crippen molar-refractivity contribution in [3.63, 3.8) is 0 Å². The molecule has 0 aromatic heterocycles. The Morgan fingerprint density at radius 2 is 1.95 bits per heavy atom. The molecule has 0 bridgehead atoms. The number of hydrogen-bond acceptors (Lipinski definition) is 4. The van der Waals surface area contributed by atoms with E-state index in [9.17, 15) is 9.59 Å². The third-order valence-corrected chi connectivity index (χ3v) is 3.74. The van der Waals surface area contributed by atoms with Crippen LogP contribution >= 0.6 is 0 Å². The largest absolute Gasteiger partial charge is 0.450 e. The highest BCUT2D eigenvalue weighted by Gasteiger charge is 2.28. The Labute approximate surface area is 120 Å². The number of nitrogens with one attached hydrogen (secondary N) is 1. The monoisotopic (exact) mass is 286 g/mol. The number of carbonyl (C=O) groups excluding carboxylic acids is 2. The molecule has 0 aliphatic heterocycles. The van der Waals surface area contributed by atoms with Crippen molar-refractivity contribution in [2.75, 3.05) is 20.8 Å². The molecule has 1 saturated carbocycles. The average Bonchev–Trinajstić information content (AvgIpc) is 2.46. The molecule has 0 spiro atoms. The summed E-state index contributed by atoms with van der Waals surface area (Å²) in [4.78, 5) is 28.7. The summed E-state index contributed by atoms with van der Waals surface area (Å²) < 4.78 is 4.86. The van der Waals surface area contributed by atoms with E-state index in [0.29, 0.717) is 12.3 Å². The van der Waals surface area contributed by atoms with Gasteiger partial charge in [0, 0.05) is 7.05 Å². The van der Waals surface area contributed by atoms with E-state index in [1.54, 1.807) is 14.0 Å². The first-order valence-electron chi connectivity index (χ1n) is 7.33. The molecule has 0 saturated heterocycles. The number of carbonyl (C=O) groups is 2. The number of hydrogen-bond donors (Lipinski definition) is 1. The van der Waals surface area contributed by atoms with Crippen molar-refractivity contribution in [1.29, 1.82) is 0 Å². The topological polar surface area (TPSA) is 67.9 Å². The number of nitrogens with zero attached hydrogens (tertiary/aromatic N) is 1. The standard InChI is InChI=1S/C14H26N2O4/c1-4-20-14(18)15-12(13(17)16(2)19-3)10-11-8-6-5-7-9-11/h11-12H,4-10H2,1-3H3,(H,15,18)/t12-/m0/s1. The van der Waals surface area contributed by atoms with Crippen molar-refractivity contribution in [2.24, 2.45) is 5.92 Å². The molecule has 1 N–H and O–H groups in total. The Morgan fingerprint density at radius 1 is 1.30 bits per heavy atom. The molecule has 1 aliphatic rings. The first kappa shape index (κ1) is 16.8. The van der Waals surface area contributed by atoms with E-state index in [0.717, 1.165) is 17.9 Å². The maximum Gasteiger partial charge on any atom is 0.407 e. The summed E-state index contributed by atoms with van der Waals surface area (Å²) in [5.41, 5.74) is 0. The highest BCUT2D eigenvalue weighted by Crippen LogP contribution is 2.27. The van der Waals surface area contributed by atoms with Crippen LogP contribution in [0.1, 0.15) is 45.4 Å². The quantitative estimate of drug-likeness (QED) is 0.759. The molecule has 0 heterocycles. The average molecular weight is 286 g/mol. The molecule has 1 rings (SSSR count). The van der Waals surface area contributed by atoms with E-state index in [1.165, 1.54) is 26.4 Å². The van der Waals surface area contributed by atoms with Gasteiger partial charge < -0.3 is 10.1 Å². The fourth-order valence-electron chi connectivity index (χ4n) is 2.60. The number of ether oxygens (including phenoxy) is 1. The Bertz CT molecular complexity index is 316. The number of hydroxylamine groups is 2. The molecule has 2 amide bonds. The zero-order valence-electron chi connectivity index (χ0n) is 12.7. The van der Waals surface area contributed by atoms with Crippen molar-refractivity contribution in [3.05, 3.63) is 0 Å². The molecule has 1 fully saturated rings. The van der Waals surface area contributed by atoms with Gasteiger partial charge in [-0.05, 0) is 19.3 Å². The van der Waals surface area contributed by atoms with Crippen LogP contribution in [0.4, 0.5) is 4.79 Å². The molecule has 1 atom stereocenters. The van der Waals surface area contributed by atoms with Crippen LogP contribution in [-0.2, 0) is 14.4 Å². The molecule has 6 nitrogen and oxygen atoms in total. The van der Waals surface area contributed by atoms with Crippen LogP contribution < -0.4 is 5.32 Å². The van der Waals surface area contributed by atoms with Crippen molar-refractivity contribution in [3.8, 4) is 0 Å². The van der Waals surface area contributed by atoms with Gasteiger partial charge in [0.2, 0.25) is 0 Å². The summed E-state index contributed by atoms with van der Waals surface area (Å²) in [6, 6.07) is -0.581. The van der Waals surface area contributed by atoms with Crippen LogP contribution in [0.15, 0.2) is 0 Å². The van der Waals surface area contributed by atoms with Crippen LogP contribution in [0.5, 0.6) is 0 Å². The second-order valence-corrected chi connectivity index (χ2v) is 5.18. The predicted octanol–water partition coefficient (Wildman–Crippen LogP) is 2.09. The first-order valence-corrected chi connectivity index (χ1v) is 7.33. The minimum absolute atomic E-state index is 0.244. The summed E-state index contributed by atoms with van der Waals surface area (Å²) in [6.45, 7) is 2.02. The Balaban J connectivity index is 2.61. The van der Waals surface area contributed by atoms with Crippen LogP contribution in [-0.4, -0.2) is 43.9 Å². The van der Waals surface area contributed by atoms with E-state index < -0.39 is 12.1 Å². The summed E-state index contributed by atoms with van der Waals surface area (Å²) in [6.07, 6.45) is 5.99. The minimum Gasteiger partial charge on any atom is -0.450 e. The van der Waals surface area contributed by atoms with E-state index in [-0.39, 0.29) is 12.5 Å². The third-order valence-electron chi connectivity index (χ3n) is 3.74. The Morgan fingerprint density at radius 3 is 2.50 bits per heavy atom. The fourth-order valence-corrected chi connectivity index (χ4v) is 2.60. The predicted molar refractivity (Wildman–Crippen MR) is 74.9 cm³/mol. The van der Waals surface area contributed by atoms with E-state index in [1.807, 2.05) is 0 Å². The Kier molecular flexibility index (Phi) is 7.36. The first-order chi connectivity index (χ1) is 9.58. The molecular weight excluding hydrogens is 260 g/mol. The SMILES string of the molecule is CCOC(=O)N[C@@H](CC1CCCCC1)C(=O)N(C)OC. The van der Waals surface area contributed by atoms with Gasteiger partial charge in [-0.1, -0.05) is 32.1 Å². The number of likely N-dealkylation sites (N-methyl/N-ethyl adjacent to an activating group) is 1. The smallest absolute Gasteiger partial charge is 0.407 e. The number of amides is 2. The lowest BCUT2D eigenvalue weighted by atomic mass is 9.84. The molecule has 116 valence electrons. The minimum atomic E-state index is -0.581. The third kappa shape index (κ3) is 5.36.